The summed E-state index contributed by atoms with van der Waals surface area (Å²) in [5.74, 6) is 0.423. The highest BCUT2D eigenvalue weighted by molar-refractivity contribution is 5.92. The molecule has 0 bridgehead atoms. The summed E-state index contributed by atoms with van der Waals surface area (Å²) in [4.78, 5) is 15.7. The predicted octanol–water partition coefficient (Wildman–Crippen LogP) is 1.00. The lowest BCUT2D eigenvalue weighted by Gasteiger charge is -2.09. The molecule has 0 saturated carbocycles. The van der Waals surface area contributed by atoms with E-state index in [4.69, 9.17) is 5.73 Å². The molecule has 1 aromatic heterocycles. The van der Waals surface area contributed by atoms with Crippen LogP contribution in [0.3, 0.4) is 0 Å². The van der Waals surface area contributed by atoms with Crippen molar-refractivity contribution in [1.82, 2.24) is 15.2 Å². The van der Waals surface area contributed by atoms with Gasteiger partial charge in [-0.15, -0.1) is 0 Å². The number of H-pyrrole nitrogens is 1. The van der Waals surface area contributed by atoms with Gasteiger partial charge in [-0.1, -0.05) is 6.92 Å². The van der Waals surface area contributed by atoms with Crippen LogP contribution in [0.4, 0.5) is 5.69 Å². The predicted molar refractivity (Wildman–Crippen MR) is 68.7 cm³/mol. The van der Waals surface area contributed by atoms with Crippen LogP contribution in [0.25, 0.3) is 11.4 Å². The number of rotatable bonds is 4. The second-order valence-corrected chi connectivity index (χ2v) is 4.04. The fourth-order valence-corrected chi connectivity index (χ4v) is 1.43. The molecular formula is C12H15N5O. The zero-order chi connectivity index (χ0) is 13.0. The first-order valence-electron chi connectivity index (χ1n) is 5.67. The van der Waals surface area contributed by atoms with E-state index in [-0.39, 0.29) is 11.8 Å². The Balaban J connectivity index is 2.06. The number of amides is 1. The number of nitrogens with one attached hydrogen (secondary N) is 2. The van der Waals surface area contributed by atoms with E-state index in [1.807, 2.05) is 24.3 Å². The molecule has 0 spiro atoms. The third-order valence-corrected chi connectivity index (χ3v) is 2.64. The SMILES string of the molecule is CC(CN)C(=O)Nc1ccc(-c2ncn[nH]2)cc1. The lowest BCUT2D eigenvalue weighted by atomic mass is 10.1. The lowest BCUT2D eigenvalue weighted by molar-refractivity contribution is -0.119. The van der Waals surface area contributed by atoms with Crippen LogP contribution in [0.2, 0.25) is 0 Å². The number of aromatic amines is 1. The quantitative estimate of drug-likeness (QED) is 0.748. The van der Waals surface area contributed by atoms with E-state index < -0.39 is 0 Å². The smallest absolute Gasteiger partial charge is 0.228 e. The van der Waals surface area contributed by atoms with Gasteiger partial charge >= 0.3 is 0 Å². The van der Waals surface area contributed by atoms with Gasteiger partial charge in [0, 0.05) is 23.7 Å². The maximum atomic E-state index is 11.6. The highest BCUT2D eigenvalue weighted by Gasteiger charge is 2.10. The van der Waals surface area contributed by atoms with Gasteiger partial charge < -0.3 is 11.1 Å². The summed E-state index contributed by atoms with van der Waals surface area (Å²) in [5, 5.41) is 9.36. The molecule has 6 nitrogen and oxygen atoms in total. The Kier molecular flexibility index (Phi) is 3.69. The van der Waals surface area contributed by atoms with Crippen LogP contribution in [0, 0.1) is 5.92 Å². The van der Waals surface area contributed by atoms with Crippen LogP contribution >= 0.6 is 0 Å². The average Bonchev–Trinajstić information content (AvgIpc) is 2.92. The van der Waals surface area contributed by atoms with Crippen molar-refractivity contribution < 1.29 is 4.79 Å². The van der Waals surface area contributed by atoms with Crippen molar-refractivity contribution in [3.63, 3.8) is 0 Å². The Morgan fingerprint density at radius 1 is 1.44 bits per heavy atom. The molecule has 0 aliphatic rings. The molecule has 0 aliphatic heterocycles. The zero-order valence-electron chi connectivity index (χ0n) is 10.1. The first kappa shape index (κ1) is 12.3. The normalized spacial score (nSPS) is 12.1. The summed E-state index contributed by atoms with van der Waals surface area (Å²) in [7, 11) is 0. The number of aromatic nitrogens is 3. The number of hydrogen-bond acceptors (Lipinski definition) is 4. The summed E-state index contributed by atoms with van der Waals surface area (Å²) in [6.07, 6.45) is 1.45. The minimum absolute atomic E-state index is 0.0788. The molecule has 0 fully saturated rings. The number of carbonyl (C=O) groups is 1. The monoisotopic (exact) mass is 245 g/mol. The molecule has 94 valence electrons. The van der Waals surface area contributed by atoms with Gasteiger partial charge in [0.05, 0.1) is 0 Å². The number of hydrogen-bond donors (Lipinski definition) is 3. The second kappa shape index (κ2) is 5.42. The van der Waals surface area contributed by atoms with E-state index in [1.165, 1.54) is 6.33 Å². The first-order valence-corrected chi connectivity index (χ1v) is 5.67. The van der Waals surface area contributed by atoms with Crippen molar-refractivity contribution in [2.75, 3.05) is 11.9 Å². The summed E-state index contributed by atoms with van der Waals surface area (Å²) in [6, 6.07) is 7.37. The van der Waals surface area contributed by atoms with Gasteiger partial charge in [0.2, 0.25) is 5.91 Å². The lowest BCUT2D eigenvalue weighted by Crippen LogP contribution is -2.26. The molecule has 1 heterocycles. The molecule has 0 saturated heterocycles. The molecule has 1 amide bonds. The van der Waals surface area contributed by atoms with Crippen molar-refractivity contribution in [1.29, 1.82) is 0 Å². The van der Waals surface area contributed by atoms with E-state index in [1.54, 1.807) is 6.92 Å². The number of anilines is 1. The third-order valence-electron chi connectivity index (χ3n) is 2.64. The molecule has 2 aromatic rings. The number of nitrogens with zero attached hydrogens (tertiary/aromatic N) is 2. The molecular weight excluding hydrogens is 230 g/mol. The first-order chi connectivity index (χ1) is 8.70. The van der Waals surface area contributed by atoms with Gasteiger partial charge in [-0.25, -0.2) is 4.98 Å². The van der Waals surface area contributed by atoms with Crippen LogP contribution in [-0.4, -0.2) is 27.6 Å². The zero-order valence-corrected chi connectivity index (χ0v) is 10.1. The van der Waals surface area contributed by atoms with Crippen molar-refractivity contribution in [3.8, 4) is 11.4 Å². The Bertz CT molecular complexity index is 506. The molecule has 6 heteroatoms. The van der Waals surface area contributed by atoms with Crippen LogP contribution in [0.1, 0.15) is 6.92 Å². The Hall–Kier alpha value is -2.21. The molecule has 2 rings (SSSR count). The van der Waals surface area contributed by atoms with Crippen LogP contribution in [-0.2, 0) is 4.79 Å². The van der Waals surface area contributed by atoms with E-state index in [2.05, 4.69) is 20.5 Å². The highest BCUT2D eigenvalue weighted by Crippen LogP contribution is 2.17. The summed E-state index contributed by atoms with van der Waals surface area (Å²) in [5.41, 5.74) is 7.09. The standard InChI is InChI=1S/C12H15N5O/c1-8(6-13)12(18)16-10-4-2-9(3-5-10)11-14-7-15-17-11/h2-5,7-8H,6,13H2,1H3,(H,16,18)(H,14,15,17). The molecule has 1 atom stereocenters. The van der Waals surface area contributed by atoms with Crippen molar-refractivity contribution in [3.05, 3.63) is 30.6 Å². The fraction of sp³-hybridized carbons (Fsp3) is 0.250. The average molecular weight is 245 g/mol. The second-order valence-electron chi connectivity index (χ2n) is 4.04. The molecule has 18 heavy (non-hydrogen) atoms. The molecule has 4 N–H and O–H groups in total. The summed E-state index contributed by atoms with van der Waals surface area (Å²) in [6.45, 7) is 2.13. The summed E-state index contributed by atoms with van der Waals surface area (Å²) < 4.78 is 0. The van der Waals surface area contributed by atoms with E-state index in [0.29, 0.717) is 12.4 Å². The molecule has 1 unspecified atom stereocenters. The minimum Gasteiger partial charge on any atom is -0.330 e. The topological polar surface area (TPSA) is 96.7 Å². The Morgan fingerprint density at radius 3 is 2.72 bits per heavy atom. The van der Waals surface area contributed by atoms with E-state index in [9.17, 15) is 4.79 Å². The van der Waals surface area contributed by atoms with E-state index >= 15 is 0 Å². The summed E-state index contributed by atoms with van der Waals surface area (Å²) >= 11 is 0. The maximum Gasteiger partial charge on any atom is 0.228 e. The third kappa shape index (κ3) is 2.72. The number of carbonyl (C=O) groups excluding carboxylic acids is 1. The van der Waals surface area contributed by atoms with Gasteiger partial charge in [0.25, 0.3) is 0 Å². The fourth-order valence-electron chi connectivity index (χ4n) is 1.43. The van der Waals surface area contributed by atoms with Crippen LogP contribution in [0.5, 0.6) is 0 Å². The maximum absolute atomic E-state index is 11.6. The Morgan fingerprint density at radius 2 is 2.17 bits per heavy atom. The van der Waals surface area contributed by atoms with Crippen molar-refractivity contribution >= 4 is 11.6 Å². The van der Waals surface area contributed by atoms with Crippen molar-refractivity contribution in [2.24, 2.45) is 11.7 Å². The molecule has 0 aliphatic carbocycles. The van der Waals surface area contributed by atoms with Crippen LogP contribution < -0.4 is 11.1 Å². The van der Waals surface area contributed by atoms with Gasteiger partial charge in [-0.3, -0.25) is 9.89 Å². The van der Waals surface area contributed by atoms with Crippen molar-refractivity contribution in [2.45, 2.75) is 6.92 Å². The number of nitrogens with two attached hydrogens (primary N) is 1. The van der Waals surface area contributed by atoms with Gasteiger partial charge in [0.15, 0.2) is 5.82 Å². The molecule has 0 radical (unpaired) electrons. The van der Waals surface area contributed by atoms with E-state index in [0.717, 1.165) is 11.3 Å². The Labute approximate surface area is 105 Å². The van der Waals surface area contributed by atoms with Crippen LogP contribution in [0.15, 0.2) is 30.6 Å². The minimum atomic E-state index is -0.195. The van der Waals surface area contributed by atoms with Gasteiger partial charge in [0.1, 0.15) is 6.33 Å². The molecule has 1 aromatic carbocycles. The van der Waals surface area contributed by atoms with Gasteiger partial charge in [-0.05, 0) is 24.3 Å². The largest absolute Gasteiger partial charge is 0.330 e. The highest BCUT2D eigenvalue weighted by atomic mass is 16.1. The van der Waals surface area contributed by atoms with Gasteiger partial charge in [-0.2, -0.15) is 5.10 Å². The number of benzene rings is 1.